The number of nitrogens with zero attached hydrogens (tertiary/aromatic N) is 1. The van der Waals surface area contributed by atoms with Crippen molar-refractivity contribution in [3.8, 4) is 0 Å². The molecule has 112 valence electrons. The van der Waals surface area contributed by atoms with Gasteiger partial charge in [-0.15, -0.1) is 0 Å². The number of methoxy groups -OCH3 is 1. The summed E-state index contributed by atoms with van der Waals surface area (Å²) in [5, 5.41) is 3.52. The van der Waals surface area contributed by atoms with Gasteiger partial charge in [0.05, 0.1) is 0 Å². The van der Waals surface area contributed by atoms with Gasteiger partial charge in [0.2, 0.25) is 0 Å². The van der Waals surface area contributed by atoms with Crippen molar-refractivity contribution >= 4 is 5.69 Å². The molecular formula is C17H28N2O. The molecule has 20 heavy (non-hydrogen) atoms. The maximum Gasteiger partial charge on any atom is 0.0491 e. The van der Waals surface area contributed by atoms with Gasteiger partial charge in [-0.3, -0.25) is 0 Å². The summed E-state index contributed by atoms with van der Waals surface area (Å²) in [4.78, 5) is 2.53. The normalized spacial score (nSPS) is 16.9. The molecule has 0 spiro atoms. The smallest absolute Gasteiger partial charge is 0.0491 e. The van der Waals surface area contributed by atoms with E-state index in [-0.39, 0.29) is 0 Å². The standard InChI is InChI=1S/C17H28N2O/c1-14(2)18-12-16-6-4-5-7-17(16)19-10-8-15(9-11-19)13-20-3/h4-7,14-15,18H,8-13H2,1-3H3. The fraction of sp³-hybridized carbons (Fsp3) is 0.647. The molecule has 3 nitrogen and oxygen atoms in total. The molecule has 1 aliphatic heterocycles. The largest absolute Gasteiger partial charge is 0.384 e. The van der Waals surface area contributed by atoms with Crippen LogP contribution in [0, 0.1) is 5.92 Å². The van der Waals surface area contributed by atoms with Crippen molar-refractivity contribution in [2.45, 2.75) is 39.3 Å². The Bertz CT molecular complexity index is 398. The van der Waals surface area contributed by atoms with Crippen molar-refractivity contribution in [3.05, 3.63) is 29.8 Å². The number of hydrogen-bond donors (Lipinski definition) is 1. The Balaban J connectivity index is 1.98. The molecule has 0 radical (unpaired) electrons. The summed E-state index contributed by atoms with van der Waals surface area (Å²) in [5.41, 5.74) is 2.81. The average Bonchev–Trinajstić information content (AvgIpc) is 2.47. The Kier molecular flexibility index (Phi) is 5.86. The van der Waals surface area contributed by atoms with Gasteiger partial charge in [-0.05, 0) is 30.4 Å². The minimum atomic E-state index is 0.524. The van der Waals surface area contributed by atoms with Crippen molar-refractivity contribution in [3.63, 3.8) is 0 Å². The molecule has 1 aromatic carbocycles. The monoisotopic (exact) mass is 276 g/mol. The number of rotatable bonds is 6. The van der Waals surface area contributed by atoms with Crippen LogP contribution in [0.2, 0.25) is 0 Å². The number of para-hydroxylation sites is 1. The molecule has 1 aliphatic rings. The summed E-state index contributed by atoms with van der Waals surface area (Å²) >= 11 is 0. The Morgan fingerprint density at radius 3 is 2.60 bits per heavy atom. The molecule has 0 bridgehead atoms. The second-order valence-electron chi connectivity index (χ2n) is 6.05. The van der Waals surface area contributed by atoms with Crippen LogP contribution in [0.15, 0.2) is 24.3 Å². The molecule has 0 aromatic heterocycles. The molecule has 1 heterocycles. The highest BCUT2D eigenvalue weighted by atomic mass is 16.5. The van der Waals surface area contributed by atoms with Gasteiger partial charge in [0.25, 0.3) is 0 Å². The van der Waals surface area contributed by atoms with Crippen LogP contribution in [-0.2, 0) is 11.3 Å². The van der Waals surface area contributed by atoms with Crippen molar-refractivity contribution in [2.75, 3.05) is 31.7 Å². The molecule has 3 heteroatoms. The minimum absolute atomic E-state index is 0.524. The van der Waals surface area contributed by atoms with E-state index in [9.17, 15) is 0 Å². The molecule has 0 atom stereocenters. The van der Waals surface area contributed by atoms with Crippen molar-refractivity contribution < 1.29 is 4.74 Å². The summed E-state index contributed by atoms with van der Waals surface area (Å²) in [6.07, 6.45) is 2.47. The lowest BCUT2D eigenvalue weighted by Crippen LogP contribution is -2.36. The zero-order valence-electron chi connectivity index (χ0n) is 13.1. The molecule has 0 amide bonds. The van der Waals surface area contributed by atoms with Gasteiger partial charge in [-0.2, -0.15) is 0 Å². The average molecular weight is 276 g/mol. The summed E-state index contributed by atoms with van der Waals surface area (Å²) in [7, 11) is 1.80. The van der Waals surface area contributed by atoms with Crippen LogP contribution >= 0.6 is 0 Å². The SMILES string of the molecule is COCC1CCN(c2ccccc2CNC(C)C)CC1. The van der Waals surface area contributed by atoms with Gasteiger partial charge in [-0.25, -0.2) is 0 Å². The number of nitrogens with one attached hydrogen (secondary N) is 1. The molecule has 2 rings (SSSR count). The number of piperidine rings is 1. The summed E-state index contributed by atoms with van der Waals surface area (Å²) in [6.45, 7) is 8.54. The van der Waals surface area contributed by atoms with Gasteiger partial charge in [0.1, 0.15) is 0 Å². The predicted octanol–water partition coefficient (Wildman–Crippen LogP) is 3.05. The van der Waals surface area contributed by atoms with E-state index in [4.69, 9.17) is 4.74 Å². The van der Waals surface area contributed by atoms with Crippen molar-refractivity contribution in [1.82, 2.24) is 5.32 Å². The lowest BCUT2D eigenvalue weighted by Gasteiger charge is -2.34. The third-order valence-corrected chi connectivity index (χ3v) is 4.05. The molecule has 0 unspecified atom stereocenters. The minimum Gasteiger partial charge on any atom is -0.384 e. The molecule has 1 aromatic rings. The molecule has 0 saturated carbocycles. The summed E-state index contributed by atoms with van der Waals surface area (Å²) in [5.74, 6) is 0.734. The van der Waals surface area contributed by atoms with Gasteiger partial charge in [-0.1, -0.05) is 32.0 Å². The highest BCUT2D eigenvalue weighted by Crippen LogP contribution is 2.26. The van der Waals surface area contributed by atoms with E-state index in [0.717, 1.165) is 32.2 Å². The van der Waals surface area contributed by atoms with E-state index >= 15 is 0 Å². The first-order valence-corrected chi connectivity index (χ1v) is 7.76. The zero-order chi connectivity index (χ0) is 14.4. The molecule has 0 aliphatic carbocycles. The fourth-order valence-electron chi connectivity index (χ4n) is 2.86. The number of anilines is 1. The van der Waals surface area contributed by atoms with E-state index in [2.05, 4.69) is 48.3 Å². The molecule has 1 fully saturated rings. The quantitative estimate of drug-likeness (QED) is 0.864. The Hall–Kier alpha value is -1.06. The van der Waals surface area contributed by atoms with Crippen LogP contribution in [0.4, 0.5) is 5.69 Å². The first-order chi connectivity index (χ1) is 9.70. The Morgan fingerprint density at radius 1 is 1.25 bits per heavy atom. The van der Waals surface area contributed by atoms with Gasteiger partial charge < -0.3 is 15.0 Å². The second-order valence-corrected chi connectivity index (χ2v) is 6.05. The van der Waals surface area contributed by atoms with E-state index in [0.29, 0.717) is 6.04 Å². The van der Waals surface area contributed by atoms with E-state index in [1.165, 1.54) is 24.1 Å². The second kappa shape index (κ2) is 7.65. The zero-order valence-corrected chi connectivity index (χ0v) is 13.1. The maximum atomic E-state index is 5.28. The summed E-state index contributed by atoms with van der Waals surface area (Å²) in [6, 6.07) is 9.31. The van der Waals surface area contributed by atoms with Crippen LogP contribution in [0.1, 0.15) is 32.3 Å². The molecule has 1 saturated heterocycles. The highest BCUT2D eigenvalue weighted by Gasteiger charge is 2.20. The van der Waals surface area contributed by atoms with E-state index in [1.54, 1.807) is 7.11 Å². The highest BCUT2D eigenvalue weighted by molar-refractivity contribution is 5.53. The number of hydrogen-bond acceptors (Lipinski definition) is 3. The van der Waals surface area contributed by atoms with E-state index in [1.807, 2.05) is 0 Å². The number of benzene rings is 1. The van der Waals surface area contributed by atoms with Gasteiger partial charge in [0.15, 0.2) is 0 Å². The van der Waals surface area contributed by atoms with Crippen LogP contribution in [0.3, 0.4) is 0 Å². The van der Waals surface area contributed by atoms with E-state index < -0.39 is 0 Å². The van der Waals surface area contributed by atoms with Crippen LogP contribution < -0.4 is 10.2 Å². The predicted molar refractivity (Wildman–Crippen MR) is 85.2 cm³/mol. The van der Waals surface area contributed by atoms with Gasteiger partial charge >= 0.3 is 0 Å². The van der Waals surface area contributed by atoms with Crippen LogP contribution in [0.5, 0.6) is 0 Å². The lowest BCUT2D eigenvalue weighted by atomic mass is 9.96. The van der Waals surface area contributed by atoms with Crippen LogP contribution in [0.25, 0.3) is 0 Å². The maximum absolute atomic E-state index is 5.28. The Labute approximate surface area is 123 Å². The van der Waals surface area contributed by atoms with Gasteiger partial charge in [0, 0.05) is 45.1 Å². The third-order valence-electron chi connectivity index (χ3n) is 4.05. The molecular weight excluding hydrogens is 248 g/mol. The third kappa shape index (κ3) is 4.22. The fourth-order valence-corrected chi connectivity index (χ4v) is 2.86. The van der Waals surface area contributed by atoms with Crippen molar-refractivity contribution in [2.24, 2.45) is 5.92 Å². The first kappa shape index (κ1) is 15.3. The van der Waals surface area contributed by atoms with Crippen molar-refractivity contribution in [1.29, 1.82) is 0 Å². The molecule has 1 N–H and O–H groups in total. The topological polar surface area (TPSA) is 24.5 Å². The summed E-state index contributed by atoms with van der Waals surface area (Å²) < 4.78 is 5.28. The lowest BCUT2D eigenvalue weighted by molar-refractivity contribution is 0.139. The first-order valence-electron chi connectivity index (χ1n) is 7.76. The van der Waals surface area contributed by atoms with Crippen LogP contribution in [-0.4, -0.2) is 32.8 Å². The number of ether oxygens (including phenoxy) is 1. The Morgan fingerprint density at radius 2 is 1.95 bits per heavy atom.